The molecule has 0 bridgehead atoms. The Balaban J connectivity index is 1.91. The second-order valence-electron chi connectivity index (χ2n) is 4.57. The van der Waals surface area contributed by atoms with Gasteiger partial charge in [0.2, 0.25) is 0 Å². The van der Waals surface area contributed by atoms with Crippen molar-refractivity contribution in [2.75, 3.05) is 11.4 Å². The molecule has 0 unspecified atom stereocenters. The fourth-order valence-electron chi connectivity index (χ4n) is 2.44. The highest BCUT2D eigenvalue weighted by Crippen LogP contribution is 2.29. The highest BCUT2D eigenvalue weighted by Gasteiger charge is 2.16. The van der Waals surface area contributed by atoms with Crippen molar-refractivity contribution in [2.24, 2.45) is 0 Å². The Hall–Kier alpha value is -1.18. The van der Waals surface area contributed by atoms with Crippen LogP contribution in [0.25, 0.3) is 0 Å². The molecule has 18 heavy (non-hydrogen) atoms. The maximum absolute atomic E-state index is 6.06. The lowest BCUT2D eigenvalue weighted by Crippen LogP contribution is -2.30. The number of anilines is 1. The number of hydrogen-bond acceptors (Lipinski definition) is 1. The minimum atomic E-state index is 0.691. The average molecular weight is 278 g/mol. The second-order valence-corrected chi connectivity index (χ2v) is 5.44. The Morgan fingerprint density at radius 1 is 0.889 bits per heavy atom. The van der Waals surface area contributed by atoms with Crippen LogP contribution in [-0.2, 0) is 13.0 Å². The normalized spacial score (nSPS) is 14.4. The quantitative estimate of drug-likeness (QED) is 0.739. The first-order chi connectivity index (χ1) is 8.72. The highest BCUT2D eigenvalue weighted by atomic mass is 35.5. The zero-order valence-electron chi connectivity index (χ0n) is 9.87. The van der Waals surface area contributed by atoms with Gasteiger partial charge in [0.15, 0.2) is 0 Å². The summed E-state index contributed by atoms with van der Waals surface area (Å²) >= 11 is 12.1. The van der Waals surface area contributed by atoms with Crippen LogP contribution in [0.1, 0.15) is 11.1 Å². The molecule has 0 aromatic heterocycles. The molecular formula is C15H13Cl2N. The van der Waals surface area contributed by atoms with Crippen LogP contribution in [0.5, 0.6) is 0 Å². The van der Waals surface area contributed by atoms with Crippen LogP contribution in [0.4, 0.5) is 5.69 Å². The zero-order chi connectivity index (χ0) is 12.5. The molecular weight excluding hydrogens is 265 g/mol. The predicted molar refractivity (Wildman–Crippen MR) is 77.7 cm³/mol. The standard InChI is InChI=1S/C15H13Cl2N/c16-13-7-14(17)9-15(8-13)18-6-5-11-3-1-2-4-12(11)10-18/h1-4,7-9H,5-6,10H2. The molecule has 1 aliphatic rings. The van der Waals surface area contributed by atoms with E-state index < -0.39 is 0 Å². The summed E-state index contributed by atoms with van der Waals surface area (Å²) in [5, 5.41) is 1.38. The van der Waals surface area contributed by atoms with E-state index in [4.69, 9.17) is 23.2 Å². The van der Waals surface area contributed by atoms with Gasteiger partial charge >= 0.3 is 0 Å². The van der Waals surface area contributed by atoms with Gasteiger partial charge in [-0.1, -0.05) is 47.5 Å². The van der Waals surface area contributed by atoms with Crippen molar-refractivity contribution < 1.29 is 0 Å². The first-order valence-corrected chi connectivity index (χ1v) is 6.76. The minimum absolute atomic E-state index is 0.691. The topological polar surface area (TPSA) is 3.24 Å². The molecule has 3 rings (SSSR count). The molecule has 1 heterocycles. The molecule has 0 atom stereocenters. The Labute approximate surface area is 117 Å². The molecule has 0 saturated heterocycles. The van der Waals surface area contributed by atoms with Gasteiger partial charge in [0.1, 0.15) is 0 Å². The van der Waals surface area contributed by atoms with Crippen LogP contribution in [0.15, 0.2) is 42.5 Å². The maximum atomic E-state index is 6.06. The molecule has 92 valence electrons. The highest BCUT2D eigenvalue weighted by molar-refractivity contribution is 6.35. The summed E-state index contributed by atoms with van der Waals surface area (Å²) in [5.74, 6) is 0. The van der Waals surface area contributed by atoms with E-state index in [1.165, 1.54) is 11.1 Å². The van der Waals surface area contributed by atoms with E-state index in [0.717, 1.165) is 25.2 Å². The Morgan fingerprint density at radius 2 is 1.56 bits per heavy atom. The van der Waals surface area contributed by atoms with E-state index in [-0.39, 0.29) is 0 Å². The number of fused-ring (bicyclic) bond motifs is 1. The molecule has 0 aliphatic carbocycles. The monoisotopic (exact) mass is 277 g/mol. The molecule has 0 fully saturated rings. The smallest absolute Gasteiger partial charge is 0.0441 e. The van der Waals surface area contributed by atoms with Crippen molar-refractivity contribution in [2.45, 2.75) is 13.0 Å². The lowest BCUT2D eigenvalue weighted by Gasteiger charge is -2.31. The van der Waals surface area contributed by atoms with Gasteiger partial charge in [-0.05, 0) is 35.7 Å². The molecule has 0 amide bonds. The summed E-state index contributed by atoms with van der Waals surface area (Å²) in [6.45, 7) is 1.93. The van der Waals surface area contributed by atoms with Crippen LogP contribution in [0, 0.1) is 0 Å². The maximum Gasteiger partial charge on any atom is 0.0441 e. The van der Waals surface area contributed by atoms with E-state index in [9.17, 15) is 0 Å². The van der Waals surface area contributed by atoms with Gasteiger partial charge in [0.25, 0.3) is 0 Å². The molecule has 2 aromatic rings. The van der Waals surface area contributed by atoms with E-state index in [0.29, 0.717) is 10.0 Å². The van der Waals surface area contributed by atoms with E-state index >= 15 is 0 Å². The fraction of sp³-hybridized carbons (Fsp3) is 0.200. The number of nitrogens with zero attached hydrogens (tertiary/aromatic N) is 1. The molecule has 3 heteroatoms. The van der Waals surface area contributed by atoms with Gasteiger partial charge in [-0.15, -0.1) is 0 Å². The van der Waals surface area contributed by atoms with Crippen LogP contribution in [0.2, 0.25) is 10.0 Å². The SMILES string of the molecule is Clc1cc(Cl)cc(N2CCc3ccccc3C2)c1. The van der Waals surface area contributed by atoms with Gasteiger partial charge < -0.3 is 4.90 Å². The third-order valence-corrected chi connectivity index (χ3v) is 3.78. The van der Waals surface area contributed by atoms with E-state index in [2.05, 4.69) is 29.2 Å². The van der Waals surface area contributed by atoms with E-state index in [1.54, 1.807) is 6.07 Å². The van der Waals surface area contributed by atoms with Crippen LogP contribution < -0.4 is 4.90 Å². The summed E-state index contributed by atoms with van der Waals surface area (Å²) in [7, 11) is 0. The summed E-state index contributed by atoms with van der Waals surface area (Å²) in [5.41, 5.74) is 3.93. The van der Waals surface area contributed by atoms with Crippen molar-refractivity contribution >= 4 is 28.9 Å². The largest absolute Gasteiger partial charge is 0.367 e. The third kappa shape index (κ3) is 2.33. The Morgan fingerprint density at radius 3 is 2.28 bits per heavy atom. The third-order valence-electron chi connectivity index (χ3n) is 3.34. The summed E-state index contributed by atoms with van der Waals surface area (Å²) in [6, 6.07) is 14.3. The number of rotatable bonds is 1. The summed E-state index contributed by atoms with van der Waals surface area (Å²) in [6.07, 6.45) is 1.07. The number of benzene rings is 2. The average Bonchev–Trinajstić information content (AvgIpc) is 2.37. The van der Waals surface area contributed by atoms with Crippen LogP contribution in [0.3, 0.4) is 0 Å². The summed E-state index contributed by atoms with van der Waals surface area (Å²) in [4.78, 5) is 2.32. The van der Waals surface area contributed by atoms with Crippen molar-refractivity contribution in [3.8, 4) is 0 Å². The van der Waals surface area contributed by atoms with Crippen molar-refractivity contribution in [3.05, 3.63) is 63.6 Å². The van der Waals surface area contributed by atoms with Gasteiger partial charge in [-0.3, -0.25) is 0 Å². The molecule has 2 aromatic carbocycles. The second kappa shape index (κ2) is 4.83. The Bertz CT molecular complexity index is 560. The fourth-order valence-corrected chi connectivity index (χ4v) is 2.95. The van der Waals surface area contributed by atoms with Gasteiger partial charge in [0, 0.05) is 28.8 Å². The van der Waals surface area contributed by atoms with Gasteiger partial charge in [-0.2, -0.15) is 0 Å². The lowest BCUT2D eigenvalue weighted by atomic mass is 9.99. The van der Waals surface area contributed by atoms with Crippen molar-refractivity contribution in [1.82, 2.24) is 0 Å². The number of hydrogen-bond donors (Lipinski definition) is 0. The number of halogens is 2. The van der Waals surface area contributed by atoms with Crippen molar-refractivity contribution in [3.63, 3.8) is 0 Å². The van der Waals surface area contributed by atoms with Gasteiger partial charge in [0.05, 0.1) is 0 Å². The molecule has 1 nitrogen and oxygen atoms in total. The zero-order valence-corrected chi connectivity index (χ0v) is 11.4. The molecule has 0 N–H and O–H groups in total. The van der Waals surface area contributed by atoms with Crippen LogP contribution in [-0.4, -0.2) is 6.54 Å². The first-order valence-electron chi connectivity index (χ1n) is 6.00. The Kier molecular flexibility index (Phi) is 3.19. The summed E-state index contributed by atoms with van der Waals surface area (Å²) < 4.78 is 0. The molecule has 0 saturated carbocycles. The molecule has 0 radical (unpaired) electrons. The van der Waals surface area contributed by atoms with Gasteiger partial charge in [-0.25, -0.2) is 0 Å². The lowest BCUT2D eigenvalue weighted by molar-refractivity contribution is 0.732. The van der Waals surface area contributed by atoms with Crippen molar-refractivity contribution in [1.29, 1.82) is 0 Å². The van der Waals surface area contributed by atoms with Crippen LogP contribution >= 0.6 is 23.2 Å². The minimum Gasteiger partial charge on any atom is -0.367 e. The predicted octanol–water partition coefficient (Wildman–Crippen LogP) is 4.56. The molecule has 0 spiro atoms. The molecule has 1 aliphatic heterocycles. The van der Waals surface area contributed by atoms with E-state index in [1.807, 2.05) is 12.1 Å². The first kappa shape index (κ1) is 11.9.